The maximum atomic E-state index is 11.2. The second-order valence-electron chi connectivity index (χ2n) is 3.43. The minimum absolute atomic E-state index is 0.141. The summed E-state index contributed by atoms with van der Waals surface area (Å²) in [4.78, 5) is 32.6. The average Bonchev–Trinajstić information content (AvgIpc) is 2.34. The molecule has 1 rings (SSSR count). The minimum atomic E-state index is -1.12. The summed E-state index contributed by atoms with van der Waals surface area (Å²) in [5.41, 5.74) is 5.86. The van der Waals surface area contributed by atoms with Gasteiger partial charge in [-0.2, -0.15) is 0 Å². The highest BCUT2D eigenvalue weighted by atomic mass is 16.4. The van der Waals surface area contributed by atoms with Gasteiger partial charge in [-0.05, 0) is 12.1 Å². The van der Waals surface area contributed by atoms with Crippen molar-refractivity contribution < 1.29 is 19.5 Å². The summed E-state index contributed by atoms with van der Waals surface area (Å²) >= 11 is 0. The Morgan fingerprint density at radius 1 is 1.17 bits per heavy atom. The second-order valence-corrected chi connectivity index (χ2v) is 3.43. The van der Waals surface area contributed by atoms with Gasteiger partial charge in [0.2, 0.25) is 5.91 Å². The zero-order chi connectivity index (χ0) is 13.5. The summed E-state index contributed by atoms with van der Waals surface area (Å²) in [6.45, 7) is -0.588. The van der Waals surface area contributed by atoms with Gasteiger partial charge in [0.15, 0.2) is 0 Å². The fraction of sp³-hybridized carbons (Fsp3) is 0.182. The highest BCUT2D eigenvalue weighted by Gasteiger charge is 2.08. The maximum absolute atomic E-state index is 11.2. The third-order valence-electron chi connectivity index (χ3n) is 2.07. The zero-order valence-electron chi connectivity index (χ0n) is 9.47. The van der Waals surface area contributed by atoms with Crippen LogP contribution >= 0.6 is 0 Å². The highest BCUT2D eigenvalue weighted by Crippen LogP contribution is 2.13. The molecule has 0 saturated heterocycles. The molecule has 0 heterocycles. The topological polar surface area (TPSA) is 122 Å². The Kier molecular flexibility index (Phi) is 4.67. The molecule has 5 N–H and O–H groups in total. The average molecular weight is 251 g/mol. The quantitative estimate of drug-likeness (QED) is 0.537. The number of carboxylic acid groups (broad SMARTS) is 1. The molecule has 0 unspecified atom stereocenters. The number of primary amides is 1. The number of hydrogen-bond acceptors (Lipinski definition) is 4. The van der Waals surface area contributed by atoms with E-state index in [2.05, 4.69) is 10.6 Å². The van der Waals surface area contributed by atoms with Crippen LogP contribution in [0.2, 0.25) is 0 Å². The number of carbonyl (C=O) groups is 3. The monoisotopic (exact) mass is 251 g/mol. The number of carboxylic acids is 1. The highest BCUT2D eigenvalue weighted by molar-refractivity contribution is 5.99. The predicted molar refractivity (Wildman–Crippen MR) is 64.1 cm³/mol. The molecule has 1 aromatic rings. The van der Waals surface area contributed by atoms with Gasteiger partial charge in [-0.25, -0.2) is 0 Å². The molecule has 2 amide bonds. The fourth-order valence-corrected chi connectivity index (χ4v) is 1.26. The van der Waals surface area contributed by atoms with Gasteiger partial charge < -0.3 is 21.5 Å². The normalized spacial score (nSPS) is 9.56. The molecule has 7 nitrogen and oxygen atoms in total. The smallest absolute Gasteiger partial charge is 0.322 e. The number of hydrogen-bond donors (Lipinski definition) is 4. The molecule has 0 fully saturated rings. The lowest BCUT2D eigenvalue weighted by atomic mass is 10.1. The van der Waals surface area contributed by atoms with E-state index in [0.717, 1.165) is 0 Å². The van der Waals surface area contributed by atoms with E-state index in [1.165, 1.54) is 6.07 Å². The Labute approximate surface area is 103 Å². The van der Waals surface area contributed by atoms with Gasteiger partial charge in [0.1, 0.15) is 6.54 Å². The molecular formula is C11H13N3O4. The Hall–Kier alpha value is -2.57. The first-order chi connectivity index (χ1) is 8.50. The second kappa shape index (κ2) is 6.24. The molecule has 0 aliphatic heterocycles. The van der Waals surface area contributed by atoms with Crippen molar-refractivity contribution in [1.29, 1.82) is 0 Å². The summed E-state index contributed by atoms with van der Waals surface area (Å²) < 4.78 is 0. The van der Waals surface area contributed by atoms with Crippen molar-refractivity contribution in [3.63, 3.8) is 0 Å². The van der Waals surface area contributed by atoms with Crippen LogP contribution in [0.1, 0.15) is 10.4 Å². The van der Waals surface area contributed by atoms with E-state index in [4.69, 9.17) is 10.8 Å². The number of amides is 2. The Morgan fingerprint density at radius 3 is 2.44 bits per heavy atom. The first-order valence-corrected chi connectivity index (χ1v) is 5.12. The number of rotatable bonds is 6. The molecule has 0 aromatic heterocycles. The number of nitrogens with two attached hydrogens (primary N) is 1. The molecule has 0 spiro atoms. The van der Waals surface area contributed by atoms with E-state index in [1.54, 1.807) is 18.2 Å². The van der Waals surface area contributed by atoms with Crippen LogP contribution in [-0.2, 0) is 9.59 Å². The molecule has 0 radical (unpaired) electrons. The van der Waals surface area contributed by atoms with Gasteiger partial charge in [-0.3, -0.25) is 14.4 Å². The van der Waals surface area contributed by atoms with Crippen molar-refractivity contribution >= 4 is 23.5 Å². The third-order valence-corrected chi connectivity index (χ3v) is 2.07. The molecule has 0 bridgehead atoms. The van der Waals surface area contributed by atoms with E-state index in [1.807, 2.05) is 0 Å². The number of para-hydroxylation sites is 1. The van der Waals surface area contributed by atoms with E-state index in [9.17, 15) is 14.4 Å². The van der Waals surface area contributed by atoms with Crippen LogP contribution in [0.25, 0.3) is 0 Å². The van der Waals surface area contributed by atoms with Crippen LogP contribution in [0.5, 0.6) is 0 Å². The summed E-state index contributed by atoms with van der Waals surface area (Å²) in [6.07, 6.45) is 0. The van der Waals surface area contributed by atoms with Gasteiger partial charge in [0.25, 0.3) is 5.91 Å². The molecule has 96 valence electrons. The lowest BCUT2D eigenvalue weighted by molar-refractivity contribution is -0.137. The Bertz CT molecular complexity index is 473. The van der Waals surface area contributed by atoms with Gasteiger partial charge in [-0.15, -0.1) is 0 Å². The first kappa shape index (κ1) is 13.5. The molecule has 0 saturated carbocycles. The van der Waals surface area contributed by atoms with Crippen molar-refractivity contribution in [2.75, 3.05) is 18.4 Å². The zero-order valence-corrected chi connectivity index (χ0v) is 9.47. The van der Waals surface area contributed by atoms with Crippen molar-refractivity contribution in [2.45, 2.75) is 0 Å². The largest absolute Gasteiger partial charge is 0.480 e. The standard InChI is InChI=1S/C11H13N3O4/c12-11(18)7-3-1-2-4-8(7)13-5-9(15)14-6-10(16)17/h1-4,13H,5-6H2,(H2,12,18)(H,14,15)(H,16,17). The molecule has 0 aliphatic carbocycles. The van der Waals surface area contributed by atoms with Crippen LogP contribution in [0, 0.1) is 0 Å². The first-order valence-electron chi connectivity index (χ1n) is 5.12. The van der Waals surface area contributed by atoms with E-state index in [-0.39, 0.29) is 12.1 Å². The van der Waals surface area contributed by atoms with Crippen molar-refractivity contribution in [3.8, 4) is 0 Å². The van der Waals surface area contributed by atoms with Crippen molar-refractivity contribution in [2.24, 2.45) is 5.73 Å². The van der Waals surface area contributed by atoms with Crippen LogP contribution in [0.4, 0.5) is 5.69 Å². The van der Waals surface area contributed by atoms with E-state index in [0.29, 0.717) is 5.69 Å². The SMILES string of the molecule is NC(=O)c1ccccc1NCC(=O)NCC(=O)O. The number of benzene rings is 1. The van der Waals surface area contributed by atoms with Crippen LogP contribution in [-0.4, -0.2) is 36.0 Å². The summed E-state index contributed by atoms with van der Waals surface area (Å²) in [7, 11) is 0. The molecule has 7 heteroatoms. The summed E-state index contributed by atoms with van der Waals surface area (Å²) in [6, 6.07) is 6.46. The lowest BCUT2D eigenvalue weighted by Gasteiger charge is -2.09. The fourth-order valence-electron chi connectivity index (χ4n) is 1.26. The van der Waals surface area contributed by atoms with E-state index >= 15 is 0 Å². The van der Waals surface area contributed by atoms with Crippen molar-refractivity contribution in [1.82, 2.24) is 5.32 Å². The van der Waals surface area contributed by atoms with Crippen LogP contribution < -0.4 is 16.4 Å². The molecular weight excluding hydrogens is 238 g/mol. The molecule has 0 atom stereocenters. The molecule has 0 aliphatic rings. The van der Waals surface area contributed by atoms with Gasteiger partial charge in [0.05, 0.1) is 12.1 Å². The Balaban J connectivity index is 2.56. The summed E-state index contributed by atoms with van der Waals surface area (Å²) in [5.74, 6) is -2.22. The molecule has 1 aromatic carbocycles. The summed E-state index contributed by atoms with van der Waals surface area (Å²) in [5, 5.41) is 13.3. The Morgan fingerprint density at radius 2 is 1.83 bits per heavy atom. The van der Waals surface area contributed by atoms with E-state index < -0.39 is 24.3 Å². The predicted octanol–water partition coefficient (Wildman–Crippen LogP) is -0.602. The number of nitrogens with one attached hydrogen (secondary N) is 2. The van der Waals surface area contributed by atoms with Crippen molar-refractivity contribution in [3.05, 3.63) is 29.8 Å². The van der Waals surface area contributed by atoms with Crippen LogP contribution in [0.3, 0.4) is 0 Å². The molecule has 18 heavy (non-hydrogen) atoms. The number of carbonyl (C=O) groups excluding carboxylic acids is 2. The van der Waals surface area contributed by atoms with Crippen LogP contribution in [0.15, 0.2) is 24.3 Å². The number of anilines is 1. The van der Waals surface area contributed by atoms with Gasteiger partial charge in [-0.1, -0.05) is 12.1 Å². The van der Waals surface area contributed by atoms with Gasteiger partial charge >= 0.3 is 5.97 Å². The van der Waals surface area contributed by atoms with Gasteiger partial charge in [0, 0.05) is 5.69 Å². The third kappa shape index (κ3) is 4.12. The minimum Gasteiger partial charge on any atom is -0.480 e. The maximum Gasteiger partial charge on any atom is 0.322 e. The lowest BCUT2D eigenvalue weighted by Crippen LogP contribution is -2.34. The number of aliphatic carboxylic acids is 1.